The molecule has 0 spiro atoms. The molecule has 0 unspecified atom stereocenters. The van der Waals surface area contributed by atoms with Crippen LogP contribution in [0.2, 0.25) is 0 Å². The van der Waals surface area contributed by atoms with Crippen molar-refractivity contribution in [1.82, 2.24) is 0 Å². The zero-order valence-corrected chi connectivity index (χ0v) is 72.4. The molecule has 2 heterocycles. The van der Waals surface area contributed by atoms with Crippen LogP contribution in [-0.4, -0.2) is 0 Å². The summed E-state index contributed by atoms with van der Waals surface area (Å²) in [7, 11) is 0. The number of hydrogen-bond acceptors (Lipinski definition) is 3. The molecule has 594 valence electrons. The van der Waals surface area contributed by atoms with Gasteiger partial charge in [0.15, 0.2) is 0 Å². The third-order valence-corrected chi connectivity index (χ3v) is 29.7. The minimum absolute atomic E-state index is 0.0271. The Morgan fingerprint density at radius 3 is 1.27 bits per heavy atom. The highest BCUT2D eigenvalue weighted by atomic mass is 16.3. The lowest BCUT2D eigenvalue weighted by Gasteiger charge is -2.35. The predicted molar refractivity (Wildman–Crippen MR) is 499 cm³/mol. The number of para-hydroxylation sites is 2. The molecule has 5 aliphatic carbocycles. The molecule has 3 heteroatoms. The lowest BCUT2D eigenvalue weighted by Crippen LogP contribution is -2.26. The Kier molecular flexibility index (Phi) is 19.8. The van der Waals surface area contributed by atoms with Crippen molar-refractivity contribution < 1.29 is 8.83 Å². The molecule has 19 rings (SSSR count). The third-order valence-electron chi connectivity index (χ3n) is 29.7. The van der Waals surface area contributed by atoms with Crippen LogP contribution in [-0.2, 0) is 27.1 Å². The largest absolute Gasteiger partial charge is 0.456 e. The predicted octanol–water partition coefficient (Wildman–Crippen LogP) is 34.1. The zero-order valence-electron chi connectivity index (χ0n) is 72.4. The first-order valence-electron chi connectivity index (χ1n) is 45.7. The second-order valence-electron chi connectivity index (χ2n) is 38.1. The highest BCUT2D eigenvalue weighted by Gasteiger charge is 2.49. The molecule has 0 radical (unpaired) electrons. The molecule has 0 bridgehead atoms. The second-order valence-corrected chi connectivity index (χ2v) is 38.1. The number of fused-ring (bicyclic) bond motifs is 23. The summed E-state index contributed by atoms with van der Waals surface area (Å²) in [6.07, 6.45) is 29.9. The topological polar surface area (TPSA) is 29.5 Å². The first-order valence-corrected chi connectivity index (χ1v) is 45.7. The van der Waals surface area contributed by atoms with Crippen LogP contribution in [0.3, 0.4) is 0 Å². The van der Waals surface area contributed by atoms with Crippen LogP contribution < -0.4 is 4.90 Å². The number of benzene rings is 12. The minimum Gasteiger partial charge on any atom is -0.456 e. The molecule has 0 aliphatic heterocycles. The zero-order chi connectivity index (χ0) is 80.4. The van der Waals surface area contributed by atoms with E-state index in [1.54, 1.807) is 11.1 Å². The lowest BCUT2D eigenvalue weighted by atomic mass is 9.70. The van der Waals surface area contributed by atoms with Crippen LogP contribution in [0, 0.1) is 20.8 Å². The summed E-state index contributed by atoms with van der Waals surface area (Å²) < 4.78 is 14.1. The van der Waals surface area contributed by atoms with Crippen LogP contribution in [0.1, 0.15) is 296 Å². The van der Waals surface area contributed by atoms with Gasteiger partial charge in [-0.15, -0.1) is 0 Å². The van der Waals surface area contributed by atoms with Crippen molar-refractivity contribution in [1.29, 1.82) is 0 Å². The van der Waals surface area contributed by atoms with Crippen molar-refractivity contribution in [3.8, 4) is 77.9 Å². The molecule has 0 saturated carbocycles. The van der Waals surface area contributed by atoms with Gasteiger partial charge in [0.2, 0.25) is 0 Å². The number of nitrogens with zero attached hydrogens (tertiary/aromatic N) is 1. The van der Waals surface area contributed by atoms with E-state index in [2.05, 4.69) is 301 Å². The lowest BCUT2D eigenvalue weighted by molar-refractivity contribution is 0.399. The molecule has 0 fully saturated rings. The van der Waals surface area contributed by atoms with Gasteiger partial charge in [0.1, 0.15) is 22.3 Å². The highest BCUT2D eigenvalue weighted by molar-refractivity contribution is 6.19. The monoisotopic (exact) mass is 1540 g/mol. The standard InChI is InChI=1S/C114H121NO2/c1-14-18-22-26-36-58-113(59-37-27-23-19-15-2)91-43-33-30-40-80(91)83-52-47-76(65-98(83)113)75-46-51-81-82-53-48-77(66-94(82)111(10,11)93(81)64-75)88-69-100-104(107-87-42-32-35-45-102(87)117-109(88)107)85-55-50-79(68-99(85)114(100,60-38-28-24-20-16-3)61-39-29-25-21-17-4)115(108-73(6)62-72(5)63-74(108)7)78-49-54-84-89-70-97-90(71-96(89)112(12,13)95(84)67-78)105-92(110(97,8)9)56-57-103-106(105)86-41-31-34-44-101(86)116-103/h30-35,40-57,62-71H,14-29,36-39,58-61H2,1-13H3. The number of rotatable bonds is 29. The molecule has 3 nitrogen and oxygen atoms in total. The van der Waals surface area contributed by atoms with Gasteiger partial charge in [0, 0.05) is 65.6 Å². The quantitative estimate of drug-likeness (QED) is 0.0438. The number of hydrogen-bond donors (Lipinski definition) is 0. The van der Waals surface area contributed by atoms with Crippen LogP contribution in [0.4, 0.5) is 17.1 Å². The fourth-order valence-corrected chi connectivity index (χ4v) is 23.7. The maximum atomic E-state index is 7.49. The number of aryl methyl sites for hydroxylation is 3. The molecular formula is C114H121NO2. The summed E-state index contributed by atoms with van der Waals surface area (Å²) in [4.78, 5) is 2.67. The average molecular weight is 1540 g/mol. The van der Waals surface area contributed by atoms with Gasteiger partial charge in [-0.1, -0.05) is 331 Å². The molecule has 117 heavy (non-hydrogen) atoms. The van der Waals surface area contributed by atoms with E-state index in [1.165, 1.54) is 319 Å². The molecule has 5 aliphatic rings. The molecule has 2 aromatic heterocycles. The first-order chi connectivity index (χ1) is 56.8. The number of unbranched alkanes of at least 4 members (excludes halogenated alkanes) is 16. The Hall–Kier alpha value is -9.96. The number of anilines is 3. The van der Waals surface area contributed by atoms with Gasteiger partial charge < -0.3 is 13.7 Å². The maximum absolute atomic E-state index is 7.49. The fraction of sp³-hybridized carbons (Fsp3) is 0.368. The van der Waals surface area contributed by atoms with E-state index in [9.17, 15) is 0 Å². The van der Waals surface area contributed by atoms with Crippen LogP contribution in [0.25, 0.3) is 122 Å². The van der Waals surface area contributed by atoms with E-state index in [-0.39, 0.29) is 27.1 Å². The second kappa shape index (κ2) is 30.1. The van der Waals surface area contributed by atoms with E-state index in [0.717, 1.165) is 35.2 Å². The molecule has 12 aromatic carbocycles. The Bertz CT molecular complexity index is 6200. The Labute approximate surface area is 697 Å². The van der Waals surface area contributed by atoms with Crippen LogP contribution >= 0.6 is 0 Å². The normalized spacial score (nSPS) is 15.4. The van der Waals surface area contributed by atoms with E-state index in [4.69, 9.17) is 8.83 Å². The maximum Gasteiger partial charge on any atom is 0.143 e. The average Bonchev–Trinajstić information content (AvgIpc) is 1.53. The summed E-state index contributed by atoms with van der Waals surface area (Å²) in [5.74, 6) is 0. The van der Waals surface area contributed by atoms with Gasteiger partial charge in [-0.25, -0.2) is 0 Å². The summed E-state index contributed by atoms with van der Waals surface area (Å²) in [5, 5.41) is 4.88. The van der Waals surface area contributed by atoms with Crippen molar-refractivity contribution >= 4 is 60.9 Å². The Morgan fingerprint density at radius 1 is 0.274 bits per heavy atom. The SMILES string of the molecule is CCCCCCCC1(CCCCCCC)c2ccccc2-c2ccc(-c3ccc4c(c3)C(C)(C)c3cc(-c5cc6c(c7c5oc5ccccc57)-c5ccc(N(c7ccc8c(c7)C(C)(C)c7cc9c(cc7-8)C(C)(C)c7ccc8oc%10ccccc%10c8c7-9)c7c(C)cc(C)cc7C)cc5C6(CCCCCCC)CCCCCCC)ccc3-4)cc21. The first kappa shape index (κ1) is 77.0. The van der Waals surface area contributed by atoms with Crippen molar-refractivity contribution in [2.24, 2.45) is 0 Å². The van der Waals surface area contributed by atoms with Gasteiger partial charge in [-0.2, -0.15) is 0 Å². The van der Waals surface area contributed by atoms with E-state index < -0.39 is 0 Å². The van der Waals surface area contributed by atoms with Gasteiger partial charge in [0.25, 0.3) is 0 Å². The molecule has 0 amide bonds. The van der Waals surface area contributed by atoms with Gasteiger partial charge >= 0.3 is 0 Å². The highest BCUT2D eigenvalue weighted by Crippen LogP contribution is 2.64. The smallest absolute Gasteiger partial charge is 0.143 e. The third kappa shape index (κ3) is 12.3. The molecule has 0 N–H and O–H groups in total. The van der Waals surface area contributed by atoms with Crippen molar-refractivity contribution in [3.05, 3.63) is 279 Å². The summed E-state index contributed by atoms with van der Waals surface area (Å²) >= 11 is 0. The Balaban J connectivity index is 0.738. The minimum atomic E-state index is -0.299. The van der Waals surface area contributed by atoms with Gasteiger partial charge in [0.05, 0.1) is 5.69 Å². The summed E-state index contributed by atoms with van der Waals surface area (Å²) in [6, 6.07) is 82.3. The van der Waals surface area contributed by atoms with Gasteiger partial charge in [-0.3, -0.25) is 0 Å². The van der Waals surface area contributed by atoms with E-state index in [1.807, 2.05) is 0 Å². The van der Waals surface area contributed by atoms with E-state index in [0.29, 0.717) is 0 Å². The van der Waals surface area contributed by atoms with Crippen LogP contribution in [0.5, 0.6) is 0 Å². The molecular weight excluding hydrogens is 1420 g/mol. The molecule has 14 aromatic rings. The molecule has 0 saturated heterocycles. The van der Waals surface area contributed by atoms with Crippen molar-refractivity contribution in [3.63, 3.8) is 0 Å². The summed E-state index contributed by atoms with van der Waals surface area (Å²) in [6.45, 7) is 31.2. The number of furan rings is 2. The molecule has 0 atom stereocenters. The van der Waals surface area contributed by atoms with Crippen molar-refractivity contribution in [2.75, 3.05) is 4.90 Å². The van der Waals surface area contributed by atoms with Crippen molar-refractivity contribution in [2.45, 2.75) is 271 Å². The fourth-order valence-electron chi connectivity index (χ4n) is 23.7. The van der Waals surface area contributed by atoms with Crippen LogP contribution in [0.15, 0.2) is 215 Å². The van der Waals surface area contributed by atoms with Gasteiger partial charge in [-0.05, 0) is 264 Å². The van der Waals surface area contributed by atoms with E-state index >= 15 is 0 Å². The summed E-state index contributed by atoms with van der Waals surface area (Å²) in [5.41, 5.74) is 43.6. The Morgan fingerprint density at radius 2 is 0.675 bits per heavy atom.